The highest BCUT2D eigenvalue weighted by Gasteiger charge is 2.44. The third-order valence-corrected chi connectivity index (χ3v) is 4.54. The minimum absolute atomic E-state index is 0.450. The Labute approximate surface area is 156 Å². The molecule has 0 radical (unpaired) electrons. The fourth-order valence-electron chi connectivity index (χ4n) is 2.97. The van der Waals surface area contributed by atoms with Crippen LogP contribution >= 0.6 is 0 Å². The summed E-state index contributed by atoms with van der Waals surface area (Å²) in [5.74, 6) is 0.450. The normalized spacial score (nSPS) is 27.7. The number of hydrogen-bond donors (Lipinski definition) is 4. The van der Waals surface area contributed by atoms with Gasteiger partial charge in [-0.25, -0.2) is 0 Å². The molecule has 7 heteroatoms. The summed E-state index contributed by atoms with van der Waals surface area (Å²) in [4.78, 5) is 0. The predicted octanol–water partition coefficient (Wildman–Crippen LogP) is 0.328. The van der Waals surface area contributed by atoms with Crippen molar-refractivity contribution >= 4 is 0 Å². The number of nitrogens with zero attached hydrogens (tertiary/aromatic N) is 1. The van der Waals surface area contributed by atoms with E-state index in [0.717, 1.165) is 11.1 Å². The molecule has 2 aromatic rings. The van der Waals surface area contributed by atoms with E-state index in [1.54, 1.807) is 24.3 Å². The van der Waals surface area contributed by atoms with Crippen LogP contribution in [0.2, 0.25) is 0 Å². The highest BCUT2D eigenvalue weighted by atomic mass is 16.7. The van der Waals surface area contributed by atoms with Crippen molar-refractivity contribution in [2.45, 2.75) is 37.1 Å². The average molecular weight is 371 g/mol. The molecule has 5 atom stereocenters. The number of benzene rings is 2. The van der Waals surface area contributed by atoms with E-state index in [1.807, 2.05) is 24.3 Å². The Kier molecular flexibility index (Phi) is 6.06. The molecule has 2 aromatic carbocycles. The van der Waals surface area contributed by atoms with Crippen molar-refractivity contribution < 1.29 is 29.9 Å². The van der Waals surface area contributed by atoms with Crippen molar-refractivity contribution in [2.24, 2.45) is 0 Å². The van der Waals surface area contributed by atoms with Crippen LogP contribution in [0.4, 0.5) is 0 Å². The van der Waals surface area contributed by atoms with E-state index in [0.29, 0.717) is 17.7 Å². The molecule has 27 heavy (non-hydrogen) atoms. The largest absolute Gasteiger partial charge is 0.462 e. The Morgan fingerprint density at radius 3 is 2.33 bits per heavy atom. The van der Waals surface area contributed by atoms with Gasteiger partial charge in [-0.3, -0.25) is 0 Å². The maximum absolute atomic E-state index is 10.1. The minimum atomic E-state index is -1.49. The van der Waals surface area contributed by atoms with Gasteiger partial charge in [0.25, 0.3) is 0 Å². The van der Waals surface area contributed by atoms with Crippen molar-refractivity contribution in [1.82, 2.24) is 0 Å². The van der Waals surface area contributed by atoms with E-state index in [1.165, 1.54) is 0 Å². The van der Waals surface area contributed by atoms with Crippen molar-refractivity contribution in [2.75, 3.05) is 6.61 Å². The van der Waals surface area contributed by atoms with Crippen LogP contribution in [0, 0.1) is 11.3 Å². The van der Waals surface area contributed by atoms with Gasteiger partial charge < -0.3 is 29.9 Å². The van der Waals surface area contributed by atoms with E-state index in [4.69, 9.17) is 14.7 Å². The number of hydrogen-bond acceptors (Lipinski definition) is 7. The van der Waals surface area contributed by atoms with Crippen LogP contribution in [0.25, 0.3) is 0 Å². The third-order valence-electron chi connectivity index (χ3n) is 4.54. The van der Waals surface area contributed by atoms with Gasteiger partial charge in [0.05, 0.1) is 18.2 Å². The number of aliphatic hydroxyl groups is 4. The molecule has 0 bridgehead atoms. The first kappa shape index (κ1) is 19.3. The summed E-state index contributed by atoms with van der Waals surface area (Å²) in [7, 11) is 0. The maximum Gasteiger partial charge on any atom is 0.229 e. The van der Waals surface area contributed by atoms with Gasteiger partial charge in [-0.15, -0.1) is 0 Å². The average Bonchev–Trinajstić information content (AvgIpc) is 2.70. The van der Waals surface area contributed by atoms with E-state index >= 15 is 0 Å². The zero-order valence-corrected chi connectivity index (χ0v) is 14.5. The van der Waals surface area contributed by atoms with Gasteiger partial charge in [-0.1, -0.05) is 30.3 Å². The lowest BCUT2D eigenvalue weighted by molar-refractivity contribution is -0.277. The van der Waals surface area contributed by atoms with Crippen LogP contribution < -0.4 is 4.74 Å². The van der Waals surface area contributed by atoms with Gasteiger partial charge in [0.1, 0.15) is 30.2 Å². The number of aliphatic hydroxyl groups excluding tert-OH is 4. The Bertz CT molecular complexity index is 801. The fraction of sp³-hybridized carbons (Fsp3) is 0.350. The van der Waals surface area contributed by atoms with Gasteiger partial charge >= 0.3 is 0 Å². The lowest BCUT2D eigenvalue weighted by Gasteiger charge is -2.39. The number of ether oxygens (including phenoxy) is 2. The molecule has 4 N–H and O–H groups in total. The summed E-state index contributed by atoms with van der Waals surface area (Å²) in [5, 5.41) is 48.1. The second-order valence-electron chi connectivity index (χ2n) is 6.41. The molecule has 1 aliphatic rings. The number of nitriles is 1. The summed E-state index contributed by atoms with van der Waals surface area (Å²) >= 11 is 0. The molecule has 1 heterocycles. The van der Waals surface area contributed by atoms with Gasteiger partial charge in [-0.05, 0) is 29.3 Å². The molecule has 1 saturated heterocycles. The van der Waals surface area contributed by atoms with E-state index in [9.17, 15) is 20.4 Å². The molecule has 0 unspecified atom stereocenters. The van der Waals surface area contributed by atoms with E-state index in [2.05, 4.69) is 6.07 Å². The first-order chi connectivity index (χ1) is 13.0. The monoisotopic (exact) mass is 371 g/mol. The second-order valence-corrected chi connectivity index (χ2v) is 6.41. The molecule has 1 aliphatic heterocycles. The maximum atomic E-state index is 10.1. The topological polar surface area (TPSA) is 123 Å². The van der Waals surface area contributed by atoms with Crippen LogP contribution in [-0.4, -0.2) is 57.7 Å². The molecule has 0 saturated carbocycles. The van der Waals surface area contributed by atoms with Crippen molar-refractivity contribution in [3.05, 3.63) is 65.2 Å². The van der Waals surface area contributed by atoms with Gasteiger partial charge in [0, 0.05) is 6.42 Å². The van der Waals surface area contributed by atoms with E-state index in [-0.39, 0.29) is 0 Å². The summed E-state index contributed by atoms with van der Waals surface area (Å²) < 4.78 is 11.2. The van der Waals surface area contributed by atoms with Crippen LogP contribution in [-0.2, 0) is 11.2 Å². The summed E-state index contributed by atoms with van der Waals surface area (Å²) in [6.07, 6.45) is -6.13. The quantitative estimate of drug-likeness (QED) is 0.597. The zero-order valence-electron chi connectivity index (χ0n) is 14.5. The highest BCUT2D eigenvalue weighted by Crippen LogP contribution is 2.27. The standard InChI is InChI=1S/C20H21NO6/c21-10-13-7-5-12(6-8-13)9-14-3-1-2-4-15(14)26-20-19(25)18(24)17(23)16(11-22)27-20/h1-8,16-20,22-25H,9,11H2/t16-,17-,18+,19-,20-/m1/s1. The predicted molar refractivity (Wildman–Crippen MR) is 94.8 cm³/mol. The van der Waals surface area contributed by atoms with Crippen molar-refractivity contribution in [1.29, 1.82) is 5.26 Å². The third kappa shape index (κ3) is 4.27. The lowest BCUT2D eigenvalue weighted by Crippen LogP contribution is -2.60. The Morgan fingerprint density at radius 1 is 0.963 bits per heavy atom. The van der Waals surface area contributed by atoms with E-state index < -0.39 is 37.3 Å². The second kappa shape index (κ2) is 8.48. The number of para-hydroxylation sites is 1. The van der Waals surface area contributed by atoms with Gasteiger partial charge in [0.15, 0.2) is 0 Å². The van der Waals surface area contributed by atoms with Crippen molar-refractivity contribution in [3.63, 3.8) is 0 Å². The minimum Gasteiger partial charge on any atom is -0.462 e. The van der Waals surface area contributed by atoms with Gasteiger partial charge in [-0.2, -0.15) is 5.26 Å². The smallest absolute Gasteiger partial charge is 0.229 e. The molecule has 7 nitrogen and oxygen atoms in total. The summed E-state index contributed by atoms with van der Waals surface area (Å²) in [5.41, 5.74) is 2.36. The van der Waals surface area contributed by atoms with Crippen LogP contribution in [0.3, 0.4) is 0 Å². The van der Waals surface area contributed by atoms with Crippen LogP contribution in [0.1, 0.15) is 16.7 Å². The summed E-state index contributed by atoms with van der Waals surface area (Å²) in [6, 6.07) is 16.4. The lowest BCUT2D eigenvalue weighted by atomic mass is 9.99. The van der Waals surface area contributed by atoms with Crippen LogP contribution in [0.15, 0.2) is 48.5 Å². The Hall–Kier alpha value is -2.47. The molecular formula is C20H21NO6. The summed E-state index contributed by atoms with van der Waals surface area (Å²) in [6.45, 7) is -0.516. The molecule has 0 amide bonds. The Balaban J connectivity index is 1.78. The highest BCUT2D eigenvalue weighted by molar-refractivity contribution is 5.39. The molecule has 0 aromatic heterocycles. The molecular weight excluding hydrogens is 350 g/mol. The first-order valence-corrected chi connectivity index (χ1v) is 8.57. The zero-order chi connectivity index (χ0) is 19.4. The first-order valence-electron chi connectivity index (χ1n) is 8.57. The fourth-order valence-corrected chi connectivity index (χ4v) is 2.97. The number of rotatable bonds is 5. The van der Waals surface area contributed by atoms with Crippen LogP contribution in [0.5, 0.6) is 5.75 Å². The SMILES string of the molecule is N#Cc1ccc(Cc2ccccc2O[C@@H]2O[C@H](CO)[C@@H](O)[C@H](O)[C@H]2O)cc1. The molecule has 142 valence electrons. The molecule has 0 aliphatic carbocycles. The molecule has 1 fully saturated rings. The van der Waals surface area contributed by atoms with Crippen molar-refractivity contribution in [3.8, 4) is 11.8 Å². The van der Waals surface area contributed by atoms with Gasteiger partial charge in [0.2, 0.25) is 6.29 Å². The molecule has 3 rings (SSSR count). The molecule has 0 spiro atoms. The Morgan fingerprint density at radius 2 is 1.67 bits per heavy atom.